The Hall–Kier alpha value is -1.91. The summed E-state index contributed by atoms with van der Waals surface area (Å²) in [7, 11) is 0. The van der Waals surface area contributed by atoms with Crippen LogP contribution in [-0.2, 0) is 17.8 Å². The quantitative estimate of drug-likeness (QED) is 0.897. The molecule has 5 heteroatoms. The average molecular weight is 261 g/mol. The van der Waals surface area contributed by atoms with Crippen molar-refractivity contribution in [2.45, 2.75) is 46.6 Å². The van der Waals surface area contributed by atoms with Crippen LogP contribution in [0.25, 0.3) is 11.0 Å². The van der Waals surface area contributed by atoms with E-state index >= 15 is 0 Å². The summed E-state index contributed by atoms with van der Waals surface area (Å²) in [6.07, 6.45) is 3.97. The molecular weight excluding hydrogens is 242 g/mol. The van der Waals surface area contributed by atoms with Crippen LogP contribution in [0, 0.1) is 13.8 Å². The van der Waals surface area contributed by atoms with Crippen molar-refractivity contribution in [1.82, 2.24) is 14.8 Å². The van der Waals surface area contributed by atoms with Gasteiger partial charge in [0.15, 0.2) is 5.65 Å². The first-order chi connectivity index (χ1) is 9.04. The SMILES string of the molecule is CCCCn1ncc2c(C)c(CC(=O)O)c(C)nc21. The Morgan fingerprint density at radius 2 is 2.16 bits per heavy atom. The van der Waals surface area contributed by atoms with Crippen LogP contribution in [0.4, 0.5) is 0 Å². The van der Waals surface area contributed by atoms with Crippen molar-refractivity contribution >= 4 is 17.0 Å². The Bertz CT molecular complexity index is 617. The highest BCUT2D eigenvalue weighted by Gasteiger charge is 2.15. The summed E-state index contributed by atoms with van der Waals surface area (Å²) in [6.45, 7) is 6.80. The molecule has 2 aromatic heterocycles. The monoisotopic (exact) mass is 261 g/mol. The highest BCUT2D eigenvalue weighted by atomic mass is 16.4. The summed E-state index contributed by atoms with van der Waals surface area (Å²) in [6, 6.07) is 0. The summed E-state index contributed by atoms with van der Waals surface area (Å²) in [5, 5.41) is 14.3. The third-order valence-corrected chi connectivity index (χ3v) is 3.43. The normalized spacial score (nSPS) is 11.1. The average Bonchev–Trinajstić information content (AvgIpc) is 2.74. The summed E-state index contributed by atoms with van der Waals surface area (Å²) in [4.78, 5) is 15.4. The molecule has 0 fully saturated rings. The number of rotatable bonds is 5. The van der Waals surface area contributed by atoms with E-state index in [1.165, 1.54) is 0 Å². The number of pyridine rings is 1. The number of carbonyl (C=O) groups is 1. The summed E-state index contributed by atoms with van der Waals surface area (Å²) < 4.78 is 1.91. The van der Waals surface area contributed by atoms with Crippen LogP contribution in [-0.4, -0.2) is 25.8 Å². The highest BCUT2D eigenvalue weighted by molar-refractivity contribution is 5.82. The highest BCUT2D eigenvalue weighted by Crippen LogP contribution is 2.23. The third kappa shape index (κ3) is 2.59. The van der Waals surface area contributed by atoms with E-state index in [0.717, 1.165) is 47.2 Å². The number of nitrogens with zero attached hydrogens (tertiary/aromatic N) is 3. The van der Waals surface area contributed by atoms with Crippen molar-refractivity contribution in [2.75, 3.05) is 0 Å². The zero-order valence-corrected chi connectivity index (χ0v) is 11.6. The number of hydrogen-bond donors (Lipinski definition) is 1. The molecule has 0 radical (unpaired) electrons. The lowest BCUT2D eigenvalue weighted by Crippen LogP contribution is -2.07. The van der Waals surface area contributed by atoms with E-state index in [4.69, 9.17) is 5.11 Å². The van der Waals surface area contributed by atoms with Gasteiger partial charge in [0.1, 0.15) is 0 Å². The minimum atomic E-state index is -0.828. The number of carboxylic acids is 1. The van der Waals surface area contributed by atoms with Gasteiger partial charge in [0.05, 0.1) is 12.6 Å². The number of fused-ring (bicyclic) bond motifs is 1. The Labute approximate surface area is 112 Å². The van der Waals surface area contributed by atoms with E-state index in [-0.39, 0.29) is 6.42 Å². The second kappa shape index (κ2) is 5.38. The Balaban J connectivity index is 2.51. The van der Waals surface area contributed by atoms with E-state index in [1.807, 2.05) is 18.5 Å². The molecule has 5 nitrogen and oxygen atoms in total. The molecule has 0 atom stereocenters. The Morgan fingerprint density at radius 1 is 1.42 bits per heavy atom. The predicted molar refractivity (Wildman–Crippen MR) is 73.2 cm³/mol. The number of aryl methyl sites for hydroxylation is 3. The van der Waals surface area contributed by atoms with Crippen molar-refractivity contribution < 1.29 is 9.90 Å². The van der Waals surface area contributed by atoms with Crippen LogP contribution in [0.1, 0.15) is 36.6 Å². The zero-order valence-electron chi connectivity index (χ0n) is 11.6. The van der Waals surface area contributed by atoms with Gasteiger partial charge in [-0.05, 0) is 31.4 Å². The van der Waals surface area contributed by atoms with Crippen molar-refractivity contribution in [1.29, 1.82) is 0 Å². The second-order valence-electron chi connectivity index (χ2n) is 4.83. The molecule has 0 amide bonds. The molecule has 0 unspecified atom stereocenters. The lowest BCUT2D eigenvalue weighted by Gasteiger charge is -2.09. The lowest BCUT2D eigenvalue weighted by molar-refractivity contribution is -0.136. The molecule has 0 aliphatic rings. The van der Waals surface area contributed by atoms with E-state index in [9.17, 15) is 4.79 Å². The molecule has 19 heavy (non-hydrogen) atoms. The standard InChI is InChI=1S/C14H19N3O2/c1-4-5-6-17-14-12(8-15-17)9(2)11(7-13(18)19)10(3)16-14/h8H,4-7H2,1-3H3,(H,18,19). The van der Waals surface area contributed by atoms with Crippen LogP contribution >= 0.6 is 0 Å². The van der Waals surface area contributed by atoms with Gasteiger partial charge in [0, 0.05) is 17.6 Å². The number of unbranched alkanes of at least 4 members (excludes halogenated alkanes) is 1. The van der Waals surface area contributed by atoms with Crippen molar-refractivity contribution in [3.05, 3.63) is 23.0 Å². The first-order valence-corrected chi connectivity index (χ1v) is 6.58. The summed E-state index contributed by atoms with van der Waals surface area (Å²) in [5.74, 6) is -0.828. The largest absolute Gasteiger partial charge is 0.481 e. The minimum Gasteiger partial charge on any atom is -0.481 e. The van der Waals surface area contributed by atoms with Crippen LogP contribution in [0.3, 0.4) is 0 Å². The van der Waals surface area contributed by atoms with Crippen LogP contribution < -0.4 is 0 Å². The number of hydrogen-bond acceptors (Lipinski definition) is 3. The molecule has 0 spiro atoms. The molecule has 0 aliphatic heterocycles. The van der Waals surface area contributed by atoms with E-state index in [2.05, 4.69) is 17.0 Å². The second-order valence-corrected chi connectivity index (χ2v) is 4.83. The molecule has 0 aromatic carbocycles. The van der Waals surface area contributed by atoms with Gasteiger partial charge in [-0.1, -0.05) is 13.3 Å². The minimum absolute atomic E-state index is 0.0146. The zero-order chi connectivity index (χ0) is 14.0. The first-order valence-electron chi connectivity index (χ1n) is 6.58. The third-order valence-electron chi connectivity index (χ3n) is 3.43. The van der Waals surface area contributed by atoms with Crippen LogP contribution in [0.2, 0.25) is 0 Å². The predicted octanol–water partition coefficient (Wildman–Crippen LogP) is 2.48. The number of aliphatic carboxylic acids is 1. The van der Waals surface area contributed by atoms with Gasteiger partial charge in [-0.15, -0.1) is 0 Å². The fourth-order valence-corrected chi connectivity index (χ4v) is 2.30. The fraction of sp³-hybridized carbons (Fsp3) is 0.500. The van der Waals surface area contributed by atoms with Gasteiger partial charge in [-0.2, -0.15) is 5.10 Å². The van der Waals surface area contributed by atoms with Crippen LogP contribution in [0.15, 0.2) is 6.20 Å². The van der Waals surface area contributed by atoms with Gasteiger partial charge in [0.25, 0.3) is 0 Å². The van der Waals surface area contributed by atoms with Gasteiger partial charge >= 0.3 is 5.97 Å². The van der Waals surface area contributed by atoms with Gasteiger partial charge < -0.3 is 5.11 Å². The van der Waals surface area contributed by atoms with Crippen molar-refractivity contribution in [2.24, 2.45) is 0 Å². The van der Waals surface area contributed by atoms with Crippen molar-refractivity contribution in [3.8, 4) is 0 Å². The summed E-state index contributed by atoms with van der Waals surface area (Å²) >= 11 is 0. The Morgan fingerprint density at radius 3 is 2.79 bits per heavy atom. The molecular formula is C14H19N3O2. The molecule has 2 rings (SSSR count). The molecule has 1 N–H and O–H groups in total. The lowest BCUT2D eigenvalue weighted by atomic mass is 10.0. The van der Waals surface area contributed by atoms with E-state index in [1.54, 1.807) is 6.20 Å². The first kappa shape index (κ1) is 13.5. The number of aromatic nitrogens is 3. The maximum atomic E-state index is 10.9. The molecule has 0 aliphatic carbocycles. The van der Waals surface area contributed by atoms with Gasteiger partial charge in [-0.3, -0.25) is 4.79 Å². The smallest absolute Gasteiger partial charge is 0.307 e. The summed E-state index contributed by atoms with van der Waals surface area (Å²) in [5.41, 5.74) is 3.42. The molecule has 0 saturated heterocycles. The van der Waals surface area contributed by atoms with E-state index in [0.29, 0.717) is 0 Å². The molecule has 0 bridgehead atoms. The van der Waals surface area contributed by atoms with Crippen LogP contribution in [0.5, 0.6) is 0 Å². The maximum Gasteiger partial charge on any atom is 0.307 e. The molecule has 102 valence electrons. The van der Waals surface area contributed by atoms with Crippen molar-refractivity contribution in [3.63, 3.8) is 0 Å². The Kier molecular flexibility index (Phi) is 3.83. The molecule has 2 heterocycles. The molecule has 0 saturated carbocycles. The maximum absolute atomic E-state index is 10.9. The van der Waals surface area contributed by atoms with Gasteiger partial charge in [-0.25, -0.2) is 9.67 Å². The molecule has 2 aromatic rings. The fourth-order valence-electron chi connectivity index (χ4n) is 2.30. The van der Waals surface area contributed by atoms with Gasteiger partial charge in [0.2, 0.25) is 0 Å². The number of carboxylic acid groups (broad SMARTS) is 1. The topological polar surface area (TPSA) is 68.0 Å². The van der Waals surface area contributed by atoms with E-state index < -0.39 is 5.97 Å².